The molecule has 0 bridgehead atoms. The van der Waals surface area contributed by atoms with Crippen molar-refractivity contribution < 1.29 is 13.2 Å². The van der Waals surface area contributed by atoms with Crippen molar-refractivity contribution in [1.82, 2.24) is 10.0 Å². The number of carbonyl (C=O) groups excluding carboxylic acids is 1. The predicted octanol–water partition coefficient (Wildman–Crippen LogP) is 0.983. The van der Waals surface area contributed by atoms with E-state index in [0.717, 1.165) is 12.8 Å². The summed E-state index contributed by atoms with van der Waals surface area (Å²) in [5.41, 5.74) is 2.43. The highest BCUT2D eigenvalue weighted by Crippen LogP contribution is 2.07. The van der Waals surface area contributed by atoms with Crippen molar-refractivity contribution in [3.05, 3.63) is 35.4 Å². The zero-order chi connectivity index (χ0) is 15.0. The third kappa shape index (κ3) is 6.68. The first-order valence-corrected chi connectivity index (χ1v) is 8.31. The van der Waals surface area contributed by atoms with Gasteiger partial charge in [-0.15, -0.1) is 0 Å². The van der Waals surface area contributed by atoms with Crippen molar-refractivity contribution in [2.45, 2.75) is 26.2 Å². The largest absolute Gasteiger partial charge is 0.355 e. The van der Waals surface area contributed by atoms with Crippen LogP contribution in [0.5, 0.6) is 0 Å². The quantitative estimate of drug-likeness (QED) is 0.751. The molecule has 1 amide bonds. The van der Waals surface area contributed by atoms with Gasteiger partial charge in [-0.25, -0.2) is 13.1 Å². The lowest BCUT2D eigenvalue weighted by Gasteiger charge is -2.06. The summed E-state index contributed by atoms with van der Waals surface area (Å²) >= 11 is 0. The smallest absolute Gasteiger partial charge is 0.220 e. The molecule has 0 unspecified atom stereocenters. The number of sulfonamides is 1. The van der Waals surface area contributed by atoms with Gasteiger partial charge in [0, 0.05) is 13.0 Å². The minimum Gasteiger partial charge on any atom is -0.355 e. The summed E-state index contributed by atoms with van der Waals surface area (Å²) in [6.07, 6.45) is 2.02. The summed E-state index contributed by atoms with van der Waals surface area (Å²) in [7, 11) is -1.89. The number of aryl methyl sites for hydroxylation is 2. The molecule has 0 saturated heterocycles. The fourth-order valence-corrected chi connectivity index (χ4v) is 2.30. The van der Waals surface area contributed by atoms with E-state index in [1.807, 2.05) is 6.92 Å². The van der Waals surface area contributed by atoms with Gasteiger partial charge in [-0.3, -0.25) is 4.79 Å². The molecule has 1 rings (SSSR count). The van der Waals surface area contributed by atoms with E-state index in [1.165, 1.54) is 18.2 Å². The second kappa shape index (κ2) is 8.01. The van der Waals surface area contributed by atoms with Crippen LogP contribution in [-0.2, 0) is 21.2 Å². The Labute approximate surface area is 120 Å². The Bertz CT molecular complexity index is 524. The van der Waals surface area contributed by atoms with Crippen molar-refractivity contribution in [1.29, 1.82) is 0 Å². The Hall–Kier alpha value is -1.40. The number of carbonyl (C=O) groups is 1. The second-order valence-corrected chi connectivity index (χ2v) is 6.76. The summed E-state index contributed by atoms with van der Waals surface area (Å²) in [6.45, 7) is 2.18. The number of rotatable bonds is 8. The third-order valence-electron chi connectivity index (χ3n) is 2.99. The van der Waals surface area contributed by atoms with E-state index >= 15 is 0 Å². The van der Waals surface area contributed by atoms with Gasteiger partial charge in [0.05, 0.1) is 5.75 Å². The maximum Gasteiger partial charge on any atom is 0.220 e. The van der Waals surface area contributed by atoms with Crippen LogP contribution in [0, 0.1) is 6.92 Å². The van der Waals surface area contributed by atoms with Crippen LogP contribution in [0.15, 0.2) is 24.3 Å². The molecule has 1 aromatic rings. The highest BCUT2D eigenvalue weighted by Gasteiger charge is 2.07. The maximum atomic E-state index is 11.5. The van der Waals surface area contributed by atoms with Gasteiger partial charge in [0.2, 0.25) is 15.9 Å². The van der Waals surface area contributed by atoms with E-state index in [4.69, 9.17) is 0 Å². The summed E-state index contributed by atoms with van der Waals surface area (Å²) in [6, 6.07) is 8.23. The van der Waals surface area contributed by atoms with E-state index < -0.39 is 10.0 Å². The van der Waals surface area contributed by atoms with Gasteiger partial charge >= 0.3 is 0 Å². The van der Waals surface area contributed by atoms with Crippen molar-refractivity contribution in [2.75, 3.05) is 19.3 Å². The molecule has 6 heteroatoms. The van der Waals surface area contributed by atoms with E-state index in [2.05, 4.69) is 34.3 Å². The SMILES string of the molecule is CNS(=O)(=O)CCNC(=O)CCCc1ccc(C)cc1. The van der Waals surface area contributed by atoms with Crippen LogP contribution >= 0.6 is 0 Å². The summed E-state index contributed by atoms with van der Waals surface area (Å²) < 4.78 is 24.5. The Balaban J connectivity index is 2.19. The van der Waals surface area contributed by atoms with Gasteiger partial charge in [0.15, 0.2) is 0 Å². The zero-order valence-electron chi connectivity index (χ0n) is 12.0. The van der Waals surface area contributed by atoms with Crippen LogP contribution in [0.4, 0.5) is 0 Å². The molecular formula is C14H22N2O3S. The topological polar surface area (TPSA) is 75.3 Å². The molecule has 0 aliphatic carbocycles. The molecule has 0 fully saturated rings. The maximum absolute atomic E-state index is 11.5. The molecule has 2 N–H and O–H groups in total. The van der Waals surface area contributed by atoms with Gasteiger partial charge < -0.3 is 5.32 Å². The molecule has 0 aliphatic heterocycles. The van der Waals surface area contributed by atoms with Gasteiger partial charge in [-0.2, -0.15) is 0 Å². The van der Waals surface area contributed by atoms with Crippen molar-refractivity contribution in [3.8, 4) is 0 Å². The number of nitrogens with one attached hydrogen (secondary N) is 2. The highest BCUT2D eigenvalue weighted by atomic mass is 32.2. The van der Waals surface area contributed by atoms with E-state index in [1.54, 1.807) is 0 Å². The molecule has 5 nitrogen and oxygen atoms in total. The van der Waals surface area contributed by atoms with Crippen LogP contribution in [0.2, 0.25) is 0 Å². The van der Waals surface area contributed by atoms with Gasteiger partial charge in [-0.1, -0.05) is 29.8 Å². The Morgan fingerprint density at radius 2 is 1.85 bits per heavy atom. The Morgan fingerprint density at radius 1 is 1.20 bits per heavy atom. The average Bonchev–Trinajstić information content (AvgIpc) is 2.41. The fraction of sp³-hybridized carbons (Fsp3) is 0.500. The lowest BCUT2D eigenvalue weighted by molar-refractivity contribution is -0.121. The monoisotopic (exact) mass is 298 g/mol. The molecule has 0 saturated carbocycles. The first kappa shape index (κ1) is 16.7. The van der Waals surface area contributed by atoms with Crippen LogP contribution < -0.4 is 10.0 Å². The number of hydrogen-bond donors (Lipinski definition) is 2. The molecule has 0 spiro atoms. The van der Waals surface area contributed by atoms with Crippen molar-refractivity contribution >= 4 is 15.9 Å². The first-order chi connectivity index (χ1) is 9.43. The summed E-state index contributed by atoms with van der Waals surface area (Å²) in [5.74, 6) is -0.198. The molecule has 20 heavy (non-hydrogen) atoms. The summed E-state index contributed by atoms with van der Waals surface area (Å²) in [5, 5.41) is 2.61. The van der Waals surface area contributed by atoms with E-state index in [0.29, 0.717) is 6.42 Å². The van der Waals surface area contributed by atoms with Gasteiger partial charge in [0.1, 0.15) is 0 Å². The molecule has 112 valence electrons. The zero-order valence-corrected chi connectivity index (χ0v) is 12.8. The molecule has 1 aromatic carbocycles. The molecule has 0 atom stereocenters. The number of hydrogen-bond acceptors (Lipinski definition) is 3. The average molecular weight is 298 g/mol. The third-order valence-corrected chi connectivity index (χ3v) is 4.36. The van der Waals surface area contributed by atoms with Gasteiger partial charge in [-0.05, 0) is 32.4 Å². The predicted molar refractivity (Wildman–Crippen MR) is 80.0 cm³/mol. The number of benzene rings is 1. The lowest BCUT2D eigenvalue weighted by atomic mass is 10.1. The fourth-order valence-electron chi connectivity index (χ4n) is 1.72. The standard InChI is InChI=1S/C14H22N2O3S/c1-12-6-8-13(9-7-12)4-3-5-14(17)16-10-11-20(18,19)15-2/h6-9,15H,3-5,10-11H2,1-2H3,(H,16,17). The Morgan fingerprint density at radius 3 is 2.45 bits per heavy atom. The van der Waals surface area contributed by atoms with Crippen LogP contribution in [0.25, 0.3) is 0 Å². The second-order valence-electron chi connectivity index (χ2n) is 4.71. The van der Waals surface area contributed by atoms with Crippen LogP contribution in [0.3, 0.4) is 0 Å². The van der Waals surface area contributed by atoms with Crippen LogP contribution in [0.1, 0.15) is 24.0 Å². The van der Waals surface area contributed by atoms with E-state index in [-0.39, 0.29) is 18.2 Å². The minimum atomic E-state index is -3.25. The molecule has 0 radical (unpaired) electrons. The lowest BCUT2D eigenvalue weighted by Crippen LogP contribution is -2.32. The summed E-state index contributed by atoms with van der Waals surface area (Å²) in [4.78, 5) is 11.5. The van der Waals surface area contributed by atoms with Crippen molar-refractivity contribution in [2.24, 2.45) is 0 Å². The van der Waals surface area contributed by atoms with Gasteiger partial charge in [0.25, 0.3) is 0 Å². The Kier molecular flexibility index (Phi) is 6.67. The van der Waals surface area contributed by atoms with Crippen molar-refractivity contribution in [3.63, 3.8) is 0 Å². The minimum absolute atomic E-state index is 0.0901. The van der Waals surface area contributed by atoms with Crippen LogP contribution in [-0.4, -0.2) is 33.7 Å². The molecule has 0 heterocycles. The molecule has 0 aromatic heterocycles. The highest BCUT2D eigenvalue weighted by molar-refractivity contribution is 7.89. The normalized spacial score (nSPS) is 11.3. The number of amides is 1. The molecular weight excluding hydrogens is 276 g/mol. The molecule has 0 aliphatic rings. The first-order valence-electron chi connectivity index (χ1n) is 6.66. The van der Waals surface area contributed by atoms with E-state index in [9.17, 15) is 13.2 Å².